The Kier molecular flexibility index (Phi) is 5.35. The molecule has 1 unspecified atom stereocenters. The van der Waals surface area contributed by atoms with Crippen molar-refractivity contribution in [3.8, 4) is 0 Å². The van der Waals surface area contributed by atoms with E-state index in [4.69, 9.17) is 0 Å². The molecule has 1 amide bonds. The highest BCUT2D eigenvalue weighted by Gasteiger charge is 2.23. The van der Waals surface area contributed by atoms with Crippen LogP contribution >= 0.6 is 0 Å². The van der Waals surface area contributed by atoms with Crippen LogP contribution in [0.3, 0.4) is 0 Å². The van der Waals surface area contributed by atoms with Crippen LogP contribution in [0.1, 0.15) is 36.9 Å². The molecule has 0 radical (unpaired) electrons. The smallest absolute Gasteiger partial charge is 0.239 e. The molecule has 1 aliphatic rings. The van der Waals surface area contributed by atoms with E-state index in [1.165, 1.54) is 6.07 Å². The van der Waals surface area contributed by atoms with E-state index in [0.29, 0.717) is 17.6 Å². The number of rotatable bonds is 5. The van der Waals surface area contributed by atoms with Gasteiger partial charge in [0, 0.05) is 13.1 Å². The van der Waals surface area contributed by atoms with Crippen molar-refractivity contribution in [1.29, 1.82) is 0 Å². The van der Waals surface area contributed by atoms with Crippen LogP contribution in [-0.2, 0) is 4.79 Å². The quantitative estimate of drug-likeness (QED) is 0.572. The first kappa shape index (κ1) is 16.3. The maximum atomic E-state index is 13.6. The van der Waals surface area contributed by atoms with Crippen molar-refractivity contribution in [3.05, 3.63) is 35.1 Å². The maximum Gasteiger partial charge on any atom is 0.239 e. The van der Waals surface area contributed by atoms with Crippen molar-refractivity contribution in [2.24, 2.45) is 4.99 Å². The Morgan fingerprint density at radius 2 is 2.18 bits per heavy atom. The van der Waals surface area contributed by atoms with Crippen molar-refractivity contribution in [2.45, 2.75) is 38.8 Å². The number of benzene rings is 1. The molecule has 1 fully saturated rings. The molecule has 2 rings (SSSR count). The minimum absolute atomic E-state index is 0.0421. The number of carbonyl (C=O) groups excluding carboxylic acids is 1. The van der Waals surface area contributed by atoms with E-state index >= 15 is 0 Å². The number of amides is 1. The van der Waals surface area contributed by atoms with E-state index in [2.05, 4.69) is 20.9 Å². The molecule has 5 nitrogen and oxygen atoms in total. The third kappa shape index (κ3) is 4.72. The molecule has 0 saturated heterocycles. The van der Waals surface area contributed by atoms with Gasteiger partial charge in [0.15, 0.2) is 5.96 Å². The standard InChI is InChI=1S/C16H23FN4O/c1-10-4-5-12(8-14(10)17)11(2)20-16(18-3)19-9-15(22)21-13-6-7-13/h4-5,8,11,13H,6-7,9H2,1-3H3,(H,21,22)(H2,18,19,20). The number of nitrogens with one attached hydrogen (secondary N) is 3. The fourth-order valence-electron chi connectivity index (χ4n) is 2.03. The maximum absolute atomic E-state index is 13.6. The van der Waals surface area contributed by atoms with E-state index in [1.54, 1.807) is 20.0 Å². The molecule has 1 aliphatic carbocycles. The van der Waals surface area contributed by atoms with E-state index in [1.807, 2.05) is 13.0 Å². The summed E-state index contributed by atoms with van der Waals surface area (Å²) in [5.41, 5.74) is 1.45. The summed E-state index contributed by atoms with van der Waals surface area (Å²) in [6.45, 7) is 3.82. The van der Waals surface area contributed by atoms with Gasteiger partial charge < -0.3 is 16.0 Å². The van der Waals surface area contributed by atoms with Crippen LogP contribution in [0, 0.1) is 12.7 Å². The lowest BCUT2D eigenvalue weighted by Gasteiger charge is -2.18. The van der Waals surface area contributed by atoms with Gasteiger partial charge in [-0.3, -0.25) is 9.79 Å². The largest absolute Gasteiger partial charge is 0.352 e. The highest BCUT2D eigenvalue weighted by molar-refractivity contribution is 5.86. The van der Waals surface area contributed by atoms with E-state index in [0.717, 1.165) is 18.4 Å². The molecule has 1 aromatic rings. The highest BCUT2D eigenvalue weighted by atomic mass is 19.1. The van der Waals surface area contributed by atoms with Gasteiger partial charge in [0.1, 0.15) is 5.82 Å². The van der Waals surface area contributed by atoms with Crippen molar-refractivity contribution in [1.82, 2.24) is 16.0 Å². The second kappa shape index (κ2) is 7.24. The van der Waals surface area contributed by atoms with Crippen LogP contribution in [0.5, 0.6) is 0 Å². The molecule has 6 heteroatoms. The zero-order valence-electron chi connectivity index (χ0n) is 13.2. The predicted octanol–water partition coefficient (Wildman–Crippen LogP) is 1.64. The summed E-state index contributed by atoms with van der Waals surface area (Å²) >= 11 is 0. The second-order valence-corrected chi connectivity index (χ2v) is 5.64. The van der Waals surface area contributed by atoms with Crippen LogP contribution in [0.15, 0.2) is 23.2 Å². The van der Waals surface area contributed by atoms with Crippen molar-refractivity contribution < 1.29 is 9.18 Å². The zero-order valence-corrected chi connectivity index (χ0v) is 13.2. The molecule has 0 bridgehead atoms. The summed E-state index contributed by atoms with van der Waals surface area (Å²) in [5.74, 6) is 0.247. The number of nitrogens with zero attached hydrogens (tertiary/aromatic N) is 1. The summed E-state index contributed by atoms with van der Waals surface area (Å²) in [4.78, 5) is 15.7. The van der Waals surface area contributed by atoms with Crippen LogP contribution in [-0.4, -0.2) is 31.5 Å². The minimum atomic E-state index is -0.224. The molecule has 1 aromatic carbocycles. The van der Waals surface area contributed by atoms with E-state index in [9.17, 15) is 9.18 Å². The molecule has 3 N–H and O–H groups in total. The summed E-state index contributed by atoms with van der Waals surface area (Å²) in [7, 11) is 1.64. The lowest BCUT2D eigenvalue weighted by molar-refractivity contribution is -0.120. The Balaban J connectivity index is 1.85. The van der Waals surface area contributed by atoms with Gasteiger partial charge in [0.25, 0.3) is 0 Å². The SMILES string of the molecule is CN=C(NCC(=O)NC1CC1)NC(C)c1ccc(C)c(F)c1. The summed E-state index contributed by atoms with van der Waals surface area (Å²) < 4.78 is 13.6. The molecule has 0 aliphatic heterocycles. The molecule has 0 spiro atoms. The van der Waals surface area contributed by atoms with Crippen molar-refractivity contribution in [3.63, 3.8) is 0 Å². The molecule has 0 heterocycles. The number of carbonyl (C=O) groups is 1. The van der Waals surface area contributed by atoms with Gasteiger partial charge in [-0.1, -0.05) is 12.1 Å². The van der Waals surface area contributed by atoms with E-state index in [-0.39, 0.29) is 24.3 Å². The molecule has 1 atom stereocenters. The lowest BCUT2D eigenvalue weighted by atomic mass is 10.1. The Hall–Kier alpha value is -2.11. The van der Waals surface area contributed by atoms with Gasteiger partial charge in [0.2, 0.25) is 5.91 Å². The summed E-state index contributed by atoms with van der Waals surface area (Å²) in [6, 6.07) is 5.37. The number of aryl methyl sites for hydroxylation is 1. The van der Waals surface area contributed by atoms with Gasteiger partial charge in [-0.15, -0.1) is 0 Å². The fraction of sp³-hybridized carbons (Fsp3) is 0.500. The summed E-state index contributed by atoms with van der Waals surface area (Å²) in [5, 5.41) is 9.01. The van der Waals surface area contributed by atoms with Crippen LogP contribution in [0.2, 0.25) is 0 Å². The van der Waals surface area contributed by atoms with Crippen LogP contribution in [0.25, 0.3) is 0 Å². The zero-order chi connectivity index (χ0) is 16.1. The third-order valence-electron chi connectivity index (χ3n) is 3.63. The number of aliphatic imine (C=N–C) groups is 1. The van der Waals surface area contributed by atoms with Gasteiger partial charge in [0.05, 0.1) is 12.6 Å². The lowest BCUT2D eigenvalue weighted by Crippen LogP contribution is -2.44. The normalized spacial score (nSPS) is 16.1. The Bertz CT molecular complexity index is 569. The van der Waals surface area contributed by atoms with Crippen LogP contribution < -0.4 is 16.0 Å². The first-order chi connectivity index (χ1) is 10.5. The number of halogens is 1. The molecule has 0 aromatic heterocycles. The number of guanidine groups is 1. The molecule has 120 valence electrons. The van der Waals surface area contributed by atoms with Crippen molar-refractivity contribution in [2.75, 3.05) is 13.6 Å². The van der Waals surface area contributed by atoms with Crippen molar-refractivity contribution >= 4 is 11.9 Å². The number of hydrogen-bond acceptors (Lipinski definition) is 2. The topological polar surface area (TPSA) is 65.5 Å². The molecular weight excluding hydrogens is 283 g/mol. The monoisotopic (exact) mass is 306 g/mol. The Morgan fingerprint density at radius 3 is 2.77 bits per heavy atom. The predicted molar refractivity (Wildman–Crippen MR) is 85.2 cm³/mol. The number of hydrogen-bond donors (Lipinski definition) is 3. The third-order valence-corrected chi connectivity index (χ3v) is 3.63. The van der Waals surface area contributed by atoms with Gasteiger partial charge >= 0.3 is 0 Å². The molecule has 1 saturated carbocycles. The highest BCUT2D eigenvalue weighted by Crippen LogP contribution is 2.18. The van der Waals surface area contributed by atoms with E-state index < -0.39 is 0 Å². The summed E-state index contributed by atoms with van der Waals surface area (Å²) in [6.07, 6.45) is 2.13. The van der Waals surface area contributed by atoms with Crippen LogP contribution in [0.4, 0.5) is 4.39 Å². The Morgan fingerprint density at radius 1 is 1.45 bits per heavy atom. The second-order valence-electron chi connectivity index (χ2n) is 5.64. The molecular formula is C16H23FN4O. The average molecular weight is 306 g/mol. The first-order valence-electron chi connectivity index (χ1n) is 7.52. The fourth-order valence-corrected chi connectivity index (χ4v) is 2.03. The first-order valence-corrected chi connectivity index (χ1v) is 7.52. The van der Waals surface area contributed by atoms with Gasteiger partial charge in [-0.2, -0.15) is 0 Å². The van der Waals surface area contributed by atoms with Gasteiger partial charge in [-0.25, -0.2) is 4.39 Å². The minimum Gasteiger partial charge on any atom is -0.352 e. The van der Waals surface area contributed by atoms with Gasteiger partial charge in [-0.05, 0) is 43.9 Å². The molecule has 22 heavy (non-hydrogen) atoms. The Labute approximate surface area is 130 Å². The average Bonchev–Trinajstić information content (AvgIpc) is 3.29.